The lowest BCUT2D eigenvalue weighted by molar-refractivity contribution is -0.137. The number of carbonyl (C=O) groups excluding carboxylic acids is 2. The number of hydrogen-bond donors (Lipinski definition) is 0. The summed E-state index contributed by atoms with van der Waals surface area (Å²) in [6, 6.07) is 2.58. The number of likely N-dealkylation sites (tertiary alicyclic amines) is 1. The van der Waals surface area contributed by atoms with Gasteiger partial charge in [0, 0.05) is 19.5 Å². The van der Waals surface area contributed by atoms with Crippen molar-refractivity contribution in [1.29, 1.82) is 0 Å². The Morgan fingerprint density at radius 2 is 1.96 bits per heavy atom. The van der Waals surface area contributed by atoms with Crippen LogP contribution in [0.3, 0.4) is 0 Å². The van der Waals surface area contributed by atoms with Crippen molar-refractivity contribution >= 4 is 11.8 Å². The fourth-order valence-corrected chi connectivity index (χ4v) is 3.49. The summed E-state index contributed by atoms with van der Waals surface area (Å²) in [6.07, 6.45) is -3.18. The molecule has 5 nitrogen and oxygen atoms in total. The first-order chi connectivity index (χ1) is 11.8. The highest BCUT2D eigenvalue weighted by Gasteiger charge is 2.46. The summed E-state index contributed by atoms with van der Waals surface area (Å²) in [4.78, 5) is 28.0. The van der Waals surface area contributed by atoms with Crippen molar-refractivity contribution in [3.8, 4) is 5.75 Å². The summed E-state index contributed by atoms with van der Waals surface area (Å²) in [5, 5.41) is 0. The van der Waals surface area contributed by atoms with Crippen LogP contribution in [0, 0.1) is 5.92 Å². The Morgan fingerprint density at radius 1 is 1.24 bits per heavy atom. The van der Waals surface area contributed by atoms with E-state index in [0.29, 0.717) is 13.1 Å². The summed E-state index contributed by atoms with van der Waals surface area (Å²) in [5.41, 5.74) is -0.971. The van der Waals surface area contributed by atoms with Gasteiger partial charge >= 0.3 is 6.18 Å². The van der Waals surface area contributed by atoms with E-state index in [1.807, 2.05) is 0 Å². The summed E-state index contributed by atoms with van der Waals surface area (Å²) in [7, 11) is 1.55. The van der Waals surface area contributed by atoms with Gasteiger partial charge in [0.25, 0.3) is 5.91 Å². The average Bonchev–Trinajstić information content (AvgIpc) is 3.33. The molecule has 0 radical (unpaired) electrons. The van der Waals surface area contributed by atoms with Crippen molar-refractivity contribution in [2.24, 2.45) is 5.92 Å². The first-order valence-electron chi connectivity index (χ1n) is 8.19. The summed E-state index contributed by atoms with van der Waals surface area (Å²) >= 11 is 0. The lowest BCUT2D eigenvalue weighted by Crippen LogP contribution is -2.44. The average molecular weight is 354 g/mol. The molecule has 25 heavy (non-hydrogen) atoms. The maximum Gasteiger partial charge on any atom is 0.416 e. The van der Waals surface area contributed by atoms with Crippen LogP contribution in [0.4, 0.5) is 13.2 Å². The molecule has 0 bridgehead atoms. The molecule has 2 aliphatic heterocycles. The maximum atomic E-state index is 12.9. The molecule has 2 atom stereocenters. The minimum absolute atomic E-state index is 0.0741. The van der Waals surface area contributed by atoms with Crippen LogP contribution >= 0.6 is 0 Å². The Hall–Kier alpha value is -2.25. The van der Waals surface area contributed by atoms with Gasteiger partial charge in [-0.1, -0.05) is 0 Å². The number of hydrogen-bond acceptors (Lipinski definition) is 3. The lowest BCUT2D eigenvalue weighted by atomic mass is 10.1. The van der Waals surface area contributed by atoms with Crippen molar-refractivity contribution in [1.82, 2.24) is 9.80 Å². The highest BCUT2D eigenvalue weighted by Crippen LogP contribution is 2.37. The second kappa shape index (κ2) is 5.37. The van der Waals surface area contributed by atoms with Crippen molar-refractivity contribution in [2.45, 2.75) is 31.2 Å². The molecule has 134 valence electrons. The highest BCUT2D eigenvalue weighted by atomic mass is 19.4. The second-order valence-electron chi connectivity index (χ2n) is 6.87. The fraction of sp³-hybridized carbons (Fsp3) is 0.529. The van der Waals surface area contributed by atoms with E-state index in [4.69, 9.17) is 4.74 Å². The molecular weight excluding hydrogens is 337 g/mol. The third-order valence-corrected chi connectivity index (χ3v) is 5.11. The molecule has 1 saturated carbocycles. The molecular formula is C17H17F3N2O3. The number of fused-ring (bicyclic) bond motifs is 2. The smallest absolute Gasteiger partial charge is 0.416 e. The summed E-state index contributed by atoms with van der Waals surface area (Å²) in [6.45, 7) is 0.695. The van der Waals surface area contributed by atoms with Gasteiger partial charge in [-0.05, 0) is 31.0 Å². The number of alkyl halides is 3. The third kappa shape index (κ3) is 2.73. The third-order valence-electron chi connectivity index (χ3n) is 5.11. The van der Waals surface area contributed by atoms with Crippen molar-refractivity contribution in [2.75, 3.05) is 20.1 Å². The number of benzene rings is 1. The zero-order chi connectivity index (χ0) is 17.9. The highest BCUT2D eigenvalue weighted by molar-refractivity contribution is 5.97. The monoisotopic (exact) mass is 354 g/mol. The molecule has 2 fully saturated rings. The Kier molecular flexibility index (Phi) is 3.49. The molecule has 0 aromatic heterocycles. The van der Waals surface area contributed by atoms with Crippen LogP contribution in [0.1, 0.15) is 28.8 Å². The fourth-order valence-electron chi connectivity index (χ4n) is 3.49. The topological polar surface area (TPSA) is 49.9 Å². The molecule has 2 amide bonds. The zero-order valence-electron chi connectivity index (χ0n) is 13.5. The number of likely N-dealkylation sites (N-methyl/N-ethyl adjacent to an activating group) is 1. The van der Waals surface area contributed by atoms with Crippen LogP contribution in [-0.2, 0) is 11.0 Å². The molecule has 1 aromatic carbocycles. The summed E-state index contributed by atoms with van der Waals surface area (Å²) < 4.78 is 44.6. The minimum Gasteiger partial charge on any atom is -0.486 e. The predicted molar refractivity (Wildman–Crippen MR) is 81.0 cm³/mol. The molecule has 1 aromatic rings. The molecule has 2 heterocycles. The molecule has 8 heteroatoms. The first kappa shape index (κ1) is 16.2. The van der Waals surface area contributed by atoms with Gasteiger partial charge in [-0.25, -0.2) is 0 Å². The molecule has 1 saturated heterocycles. The van der Waals surface area contributed by atoms with Gasteiger partial charge in [0.05, 0.1) is 23.7 Å². The van der Waals surface area contributed by atoms with Gasteiger partial charge in [-0.15, -0.1) is 0 Å². The number of amides is 2. The Labute approximate surface area is 142 Å². The van der Waals surface area contributed by atoms with E-state index in [1.165, 1.54) is 11.0 Å². The standard InChI is InChI=1S/C17H17F3N2O3/c1-21-12-7-22(15(23)9-2-3-9)8-14(12)25-13-5-4-10(17(18,19)20)6-11(13)16(21)24/h4-6,9,12,14H,2-3,7-8H2,1H3. The van der Waals surface area contributed by atoms with Gasteiger partial charge in [-0.3, -0.25) is 9.59 Å². The van der Waals surface area contributed by atoms with Crippen LogP contribution in [-0.4, -0.2) is 53.9 Å². The van der Waals surface area contributed by atoms with Gasteiger partial charge < -0.3 is 14.5 Å². The van der Waals surface area contributed by atoms with E-state index in [-0.39, 0.29) is 29.2 Å². The van der Waals surface area contributed by atoms with E-state index in [1.54, 1.807) is 11.9 Å². The quantitative estimate of drug-likeness (QED) is 0.777. The van der Waals surface area contributed by atoms with Gasteiger partial charge in [0.15, 0.2) is 0 Å². The normalized spacial score (nSPS) is 26.0. The Bertz CT molecular complexity index is 745. The van der Waals surface area contributed by atoms with E-state index < -0.39 is 23.8 Å². The number of halogens is 3. The number of rotatable bonds is 1. The lowest BCUT2D eigenvalue weighted by Gasteiger charge is -2.25. The van der Waals surface area contributed by atoms with Crippen molar-refractivity contribution in [3.63, 3.8) is 0 Å². The van der Waals surface area contributed by atoms with Gasteiger partial charge in [0.2, 0.25) is 5.91 Å². The van der Waals surface area contributed by atoms with E-state index in [2.05, 4.69) is 0 Å². The Balaban J connectivity index is 1.64. The molecule has 3 aliphatic rings. The molecule has 0 N–H and O–H groups in total. The van der Waals surface area contributed by atoms with Gasteiger partial charge in [0.1, 0.15) is 11.9 Å². The number of ether oxygens (including phenoxy) is 1. The van der Waals surface area contributed by atoms with Crippen molar-refractivity contribution < 1.29 is 27.5 Å². The molecule has 0 spiro atoms. The van der Waals surface area contributed by atoms with Crippen LogP contribution < -0.4 is 4.74 Å². The number of nitrogens with zero attached hydrogens (tertiary/aromatic N) is 2. The number of carbonyl (C=O) groups is 2. The van der Waals surface area contributed by atoms with Gasteiger partial charge in [-0.2, -0.15) is 13.2 Å². The second-order valence-corrected chi connectivity index (χ2v) is 6.87. The predicted octanol–water partition coefficient (Wildman–Crippen LogP) is 2.16. The largest absolute Gasteiger partial charge is 0.486 e. The summed E-state index contributed by atoms with van der Waals surface area (Å²) in [5.74, 6) is -0.234. The Morgan fingerprint density at radius 3 is 2.60 bits per heavy atom. The zero-order valence-corrected chi connectivity index (χ0v) is 13.5. The van der Waals surface area contributed by atoms with Crippen LogP contribution in [0.15, 0.2) is 18.2 Å². The van der Waals surface area contributed by atoms with Crippen LogP contribution in [0.2, 0.25) is 0 Å². The van der Waals surface area contributed by atoms with Crippen LogP contribution in [0.5, 0.6) is 5.75 Å². The molecule has 4 rings (SSSR count). The first-order valence-corrected chi connectivity index (χ1v) is 8.19. The van der Waals surface area contributed by atoms with Crippen molar-refractivity contribution in [3.05, 3.63) is 29.3 Å². The SMILES string of the molecule is CN1C(=O)c2cc(C(F)(F)F)ccc2OC2CN(C(=O)C3CC3)CC21. The maximum absolute atomic E-state index is 12.9. The van der Waals surface area contributed by atoms with Crippen LogP contribution in [0.25, 0.3) is 0 Å². The van der Waals surface area contributed by atoms with E-state index in [9.17, 15) is 22.8 Å². The minimum atomic E-state index is -4.52. The molecule has 1 aliphatic carbocycles. The van der Waals surface area contributed by atoms with E-state index in [0.717, 1.165) is 25.0 Å². The molecule has 2 unspecified atom stereocenters. The van der Waals surface area contributed by atoms with E-state index >= 15 is 0 Å².